The van der Waals surface area contributed by atoms with Crippen molar-refractivity contribution in [3.63, 3.8) is 0 Å². The minimum atomic E-state index is -4.82. The fourth-order valence-electron chi connectivity index (χ4n) is 1.53. The number of nitrogens with two attached hydrogens (primary N) is 1. The molecule has 0 aliphatic heterocycles. The predicted octanol–water partition coefficient (Wildman–Crippen LogP) is 3.41. The number of para-hydroxylation sites is 2. The maximum Gasteiger partial charge on any atom is 0.573 e. The van der Waals surface area contributed by atoms with Gasteiger partial charge in [0.1, 0.15) is 4.99 Å². The number of ether oxygens (including phenoxy) is 2. The Morgan fingerprint density at radius 3 is 2.38 bits per heavy atom. The van der Waals surface area contributed by atoms with E-state index in [0.717, 1.165) is 6.07 Å². The van der Waals surface area contributed by atoms with Crippen molar-refractivity contribution in [3.8, 4) is 17.2 Å². The summed E-state index contributed by atoms with van der Waals surface area (Å²) in [5.41, 5.74) is 5.88. The van der Waals surface area contributed by atoms with Crippen LogP contribution in [0.3, 0.4) is 0 Å². The molecule has 21 heavy (non-hydrogen) atoms. The lowest BCUT2D eigenvalue weighted by Crippen LogP contribution is -2.17. The van der Waals surface area contributed by atoms with Crippen molar-refractivity contribution in [3.05, 3.63) is 48.3 Å². The van der Waals surface area contributed by atoms with E-state index in [9.17, 15) is 13.2 Å². The van der Waals surface area contributed by atoms with Crippen molar-refractivity contribution in [2.75, 3.05) is 0 Å². The Morgan fingerprint density at radius 1 is 1.10 bits per heavy atom. The summed E-state index contributed by atoms with van der Waals surface area (Å²) in [5, 5.41) is 0. The first-order valence-corrected chi connectivity index (χ1v) is 6.04. The van der Waals surface area contributed by atoms with Gasteiger partial charge >= 0.3 is 6.36 Å². The average Bonchev–Trinajstić information content (AvgIpc) is 2.40. The van der Waals surface area contributed by atoms with E-state index >= 15 is 0 Å². The molecule has 110 valence electrons. The molecule has 1 aromatic carbocycles. The molecule has 0 radical (unpaired) electrons. The number of benzene rings is 1. The Labute approximate surface area is 123 Å². The van der Waals surface area contributed by atoms with Crippen LogP contribution in [0.15, 0.2) is 42.7 Å². The van der Waals surface area contributed by atoms with Gasteiger partial charge in [0.05, 0.1) is 11.8 Å². The maximum atomic E-state index is 12.3. The fourth-order valence-corrected chi connectivity index (χ4v) is 1.70. The Hall–Kier alpha value is -2.35. The topological polar surface area (TPSA) is 57.4 Å². The maximum absolute atomic E-state index is 12.3. The summed E-state index contributed by atoms with van der Waals surface area (Å²) in [4.78, 5) is 3.87. The van der Waals surface area contributed by atoms with Crippen LogP contribution in [0.5, 0.6) is 17.2 Å². The molecule has 0 aliphatic carbocycles. The fraction of sp³-hybridized carbons (Fsp3) is 0.0769. The molecule has 0 saturated heterocycles. The van der Waals surface area contributed by atoms with Crippen molar-refractivity contribution >= 4 is 17.2 Å². The molecule has 4 nitrogen and oxygen atoms in total. The number of hydrogen-bond donors (Lipinski definition) is 1. The first kappa shape index (κ1) is 15.0. The van der Waals surface area contributed by atoms with Crippen molar-refractivity contribution in [2.24, 2.45) is 5.73 Å². The number of hydrogen-bond acceptors (Lipinski definition) is 4. The highest BCUT2D eigenvalue weighted by Crippen LogP contribution is 2.35. The van der Waals surface area contributed by atoms with Crippen LogP contribution >= 0.6 is 12.2 Å². The Balaban J connectivity index is 2.35. The van der Waals surface area contributed by atoms with Crippen LogP contribution in [0.25, 0.3) is 0 Å². The summed E-state index contributed by atoms with van der Waals surface area (Å²) in [6.45, 7) is 0. The largest absolute Gasteiger partial charge is 0.573 e. The summed E-state index contributed by atoms with van der Waals surface area (Å²) >= 11 is 4.85. The highest BCUT2D eigenvalue weighted by molar-refractivity contribution is 7.80. The first-order valence-electron chi connectivity index (χ1n) is 5.63. The van der Waals surface area contributed by atoms with Crippen LogP contribution in [0.1, 0.15) is 5.56 Å². The minimum Gasteiger partial charge on any atom is -0.451 e. The molecular formula is C13H9F3N2O2S. The van der Waals surface area contributed by atoms with Gasteiger partial charge in [-0.25, -0.2) is 0 Å². The van der Waals surface area contributed by atoms with Gasteiger partial charge in [-0.2, -0.15) is 0 Å². The summed E-state index contributed by atoms with van der Waals surface area (Å²) in [7, 11) is 0. The Bertz CT molecular complexity index is 662. The molecule has 1 heterocycles. The smallest absolute Gasteiger partial charge is 0.451 e. The standard InChI is InChI=1S/C13H9F3N2O2S/c14-13(15,16)20-10-4-2-1-3-9(10)19-11-7-18-6-5-8(11)12(17)21/h1-7H,(H2,17,21). The van der Waals surface area contributed by atoms with Crippen LogP contribution in [-0.4, -0.2) is 16.3 Å². The molecule has 0 atom stereocenters. The number of aromatic nitrogens is 1. The molecule has 0 unspecified atom stereocenters. The number of halogens is 3. The molecule has 0 aliphatic rings. The second-order valence-corrected chi connectivity index (χ2v) is 4.27. The molecule has 2 rings (SSSR count). The first-order chi connectivity index (χ1) is 9.87. The molecule has 0 bridgehead atoms. The van der Waals surface area contributed by atoms with Gasteiger partial charge in [-0.3, -0.25) is 4.98 Å². The highest BCUT2D eigenvalue weighted by atomic mass is 32.1. The van der Waals surface area contributed by atoms with Crippen molar-refractivity contribution in [1.82, 2.24) is 4.98 Å². The quantitative estimate of drug-likeness (QED) is 0.877. The van der Waals surface area contributed by atoms with Gasteiger partial charge in [0.15, 0.2) is 17.2 Å². The van der Waals surface area contributed by atoms with E-state index in [1.807, 2.05) is 0 Å². The number of thiocarbonyl (C=S) groups is 1. The molecule has 0 saturated carbocycles. The van der Waals surface area contributed by atoms with E-state index in [0.29, 0.717) is 5.56 Å². The Morgan fingerprint density at radius 2 is 1.76 bits per heavy atom. The van der Waals surface area contributed by atoms with E-state index in [4.69, 9.17) is 22.7 Å². The van der Waals surface area contributed by atoms with Crippen LogP contribution in [-0.2, 0) is 0 Å². The summed E-state index contributed by atoms with van der Waals surface area (Å²) < 4.78 is 46.3. The minimum absolute atomic E-state index is 0.0432. The lowest BCUT2D eigenvalue weighted by atomic mass is 10.2. The summed E-state index contributed by atoms with van der Waals surface area (Å²) in [5.74, 6) is -0.453. The second-order valence-electron chi connectivity index (χ2n) is 3.83. The third-order valence-corrected chi connectivity index (χ3v) is 2.56. The van der Waals surface area contributed by atoms with E-state index < -0.39 is 12.1 Å². The second kappa shape index (κ2) is 5.96. The molecule has 8 heteroatoms. The third-order valence-electron chi connectivity index (χ3n) is 2.34. The molecule has 2 N–H and O–H groups in total. The Kier molecular flexibility index (Phi) is 4.27. The van der Waals surface area contributed by atoms with Gasteiger partial charge in [0.2, 0.25) is 0 Å². The van der Waals surface area contributed by atoms with Crippen molar-refractivity contribution in [2.45, 2.75) is 6.36 Å². The number of pyridine rings is 1. The molecule has 1 aromatic heterocycles. The van der Waals surface area contributed by atoms with Crippen LogP contribution in [0, 0.1) is 0 Å². The predicted molar refractivity (Wildman–Crippen MR) is 73.3 cm³/mol. The van der Waals surface area contributed by atoms with Gasteiger partial charge in [0, 0.05) is 6.20 Å². The normalized spacial score (nSPS) is 11.0. The number of rotatable bonds is 4. The van der Waals surface area contributed by atoms with E-state index in [1.54, 1.807) is 0 Å². The zero-order valence-electron chi connectivity index (χ0n) is 10.4. The van der Waals surface area contributed by atoms with Crippen LogP contribution in [0.2, 0.25) is 0 Å². The zero-order chi connectivity index (χ0) is 15.5. The summed E-state index contributed by atoms with van der Waals surface area (Å²) in [6, 6.07) is 6.88. The highest BCUT2D eigenvalue weighted by Gasteiger charge is 2.32. The van der Waals surface area contributed by atoms with Crippen LogP contribution in [0.4, 0.5) is 13.2 Å². The molecule has 0 amide bonds. The monoisotopic (exact) mass is 314 g/mol. The molecule has 0 spiro atoms. The molecule has 2 aromatic rings. The SMILES string of the molecule is NC(=S)c1ccncc1Oc1ccccc1OC(F)(F)F. The molecular weight excluding hydrogens is 305 g/mol. The van der Waals surface area contributed by atoms with Gasteiger partial charge in [-0.1, -0.05) is 24.4 Å². The van der Waals surface area contributed by atoms with Gasteiger partial charge < -0.3 is 15.2 Å². The summed E-state index contributed by atoms with van der Waals surface area (Å²) in [6.07, 6.45) is -2.07. The average molecular weight is 314 g/mol. The zero-order valence-corrected chi connectivity index (χ0v) is 11.2. The van der Waals surface area contributed by atoms with E-state index in [-0.39, 0.29) is 16.5 Å². The van der Waals surface area contributed by atoms with Gasteiger partial charge in [-0.05, 0) is 18.2 Å². The number of nitrogens with zero attached hydrogens (tertiary/aromatic N) is 1. The van der Waals surface area contributed by atoms with Crippen molar-refractivity contribution < 1.29 is 22.6 Å². The lowest BCUT2D eigenvalue weighted by molar-refractivity contribution is -0.275. The van der Waals surface area contributed by atoms with Crippen molar-refractivity contribution in [1.29, 1.82) is 0 Å². The number of alkyl halides is 3. The molecule has 0 fully saturated rings. The lowest BCUT2D eigenvalue weighted by Gasteiger charge is -2.14. The van der Waals surface area contributed by atoms with Crippen LogP contribution < -0.4 is 15.2 Å². The van der Waals surface area contributed by atoms with E-state index in [2.05, 4.69) is 9.72 Å². The third kappa shape index (κ3) is 4.06. The van der Waals surface area contributed by atoms with Gasteiger partial charge in [-0.15, -0.1) is 13.2 Å². The van der Waals surface area contributed by atoms with Gasteiger partial charge in [0.25, 0.3) is 0 Å². The van der Waals surface area contributed by atoms with E-state index in [1.165, 1.54) is 36.7 Å².